The van der Waals surface area contributed by atoms with Gasteiger partial charge in [-0.15, -0.1) is 0 Å². The Labute approximate surface area is 187 Å². The van der Waals surface area contributed by atoms with E-state index in [0.29, 0.717) is 30.0 Å². The standard InChI is InChI=1S/C24H28N2O6/c1-25(2)11-6-12-26-21(15-7-5-8-17(27)13-15)20(23(29)24(26)30)22(28)16-9-10-18(31-3)19(14-16)32-4/h5,7-10,13-14,21,27-28H,6,11-12H2,1-4H3. The third kappa shape index (κ3) is 4.55. The van der Waals surface area contributed by atoms with Crippen LogP contribution in [0.1, 0.15) is 23.6 Å². The molecule has 32 heavy (non-hydrogen) atoms. The molecule has 0 saturated carbocycles. The van der Waals surface area contributed by atoms with Crippen molar-refractivity contribution in [2.75, 3.05) is 41.4 Å². The monoisotopic (exact) mass is 440 g/mol. The molecule has 0 radical (unpaired) electrons. The molecule has 1 atom stereocenters. The molecule has 1 heterocycles. The number of nitrogens with zero attached hydrogens (tertiary/aromatic N) is 1. The van der Waals surface area contributed by atoms with E-state index in [9.17, 15) is 19.8 Å². The summed E-state index contributed by atoms with van der Waals surface area (Å²) < 4.78 is 10.5. The van der Waals surface area contributed by atoms with E-state index in [1.807, 2.05) is 14.1 Å². The third-order valence-corrected chi connectivity index (χ3v) is 5.44. The molecule has 1 saturated heterocycles. The molecule has 0 spiro atoms. The van der Waals surface area contributed by atoms with Gasteiger partial charge in [0.15, 0.2) is 11.5 Å². The zero-order valence-corrected chi connectivity index (χ0v) is 18.7. The second kappa shape index (κ2) is 9.74. The molecule has 1 unspecified atom stereocenters. The third-order valence-electron chi connectivity index (χ3n) is 5.44. The first kappa shape index (κ1) is 23.1. The molecule has 1 aliphatic heterocycles. The van der Waals surface area contributed by atoms with Crippen LogP contribution >= 0.6 is 0 Å². The van der Waals surface area contributed by atoms with E-state index < -0.39 is 23.5 Å². The van der Waals surface area contributed by atoms with Gasteiger partial charge >= 0.3 is 0 Å². The molecule has 1 fully saturated rings. The first-order chi connectivity index (χ1) is 15.3. The number of rotatable bonds is 8. The maximum absolute atomic E-state index is 13.5. The lowest BCUT2D eigenvalue weighted by Crippen LogP contribution is -3.05. The van der Waals surface area contributed by atoms with E-state index in [2.05, 4.69) is 0 Å². The average Bonchev–Trinajstić information content (AvgIpc) is 3.02. The molecule has 1 aliphatic rings. The Balaban J connectivity index is 2.12. The molecule has 170 valence electrons. The Hall–Kier alpha value is -3.52. The topological polar surface area (TPSA) is 104 Å². The number of phenolic OH excluding ortho intramolecular Hbond substituents is 1. The fraction of sp³-hybridized carbons (Fsp3) is 0.333. The van der Waals surface area contributed by atoms with Gasteiger partial charge in [0.05, 0.1) is 40.9 Å². The SMILES string of the molecule is COc1ccc(C([O-])=C2C(=O)C(=O)N(CCC[NH+](C)C)C2c2cccc(O)c2)cc1OC. The number of amides is 1. The van der Waals surface area contributed by atoms with Gasteiger partial charge < -0.3 is 29.5 Å². The van der Waals surface area contributed by atoms with Crippen LogP contribution in [0.3, 0.4) is 0 Å². The molecule has 1 amide bonds. The van der Waals surface area contributed by atoms with E-state index in [-0.39, 0.29) is 16.9 Å². The summed E-state index contributed by atoms with van der Waals surface area (Å²) in [5.41, 5.74) is 0.582. The highest BCUT2D eigenvalue weighted by atomic mass is 16.5. The number of phenols is 1. The summed E-state index contributed by atoms with van der Waals surface area (Å²) in [5, 5.41) is 23.5. The van der Waals surface area contributed by atoms with Gasteiger partial charge in [0.2, 0.25) is 5.78 Å². The number of hydrogen-bond donors (Lipinski definition) is 2. The minimum atomic E-state index is -0.875. The Morgan fingerprint density at radius 2 is 1.81 bits per heavy atom. The smallest absolute Gasteiger partial charge is 0.295 e. The second-order valence-corrected chi connectivity index (χ2v) is 7.95. The molecular formula is C24H28N2O6. The molecule has 3 rings (SSSR count). The van der Waals surface area contributed by atoms with Crippen molar-refractivity contribution in [3.63, 3.8) is 0 Å². The number of carbonyl (C=O) groups is 2. The van der Waals surface area contributed by atoms with Crippen molar-refractivity contribution in [2.45, 2.75) is 12.5 Å². The Kier molecular flexibility index (Phi) is 7.05. The molecule has 0 bridgehead atoms. The van der Waals surface area contributed by atoms with Crippen LogP contribution in [0.2, 0.25) is 0 Å². The zero-order valence-electron chi connectivity index (χ0n) is 18.7. The lowest BCUT2D eigenvalue weighted by atomic mass is 9.95. The number of hydrogen-bond acceptors (Lipinski definition) is 6. The number of quaternary nitrogens is 1. The first-order valence-electron chi connectivity index (χ1n) is 10.3. The van der Waals surface area contributed by atoms with Crippen molar-refractivity contribution in [3.8, 4) is 17.2 Å². The molecule has 0 aromatic heterocycles. The van der Waals surface area contributed by atoms with Crippen LogP contribution in [0.4, 0.5) is 0 Å². The molecular weight excluding hydrogens is 412 g/mol. The number of ether oxygens (including phenoxy) is 2. The van der Waals surface area contributed by atoms with Gasteiger partial charge in [-0.25, -0.2) is 0 Å². The molecule has 8 heteroatoms. The number of nitrogens with one attached hydrogen (secondary N) is 1. The molecule has 2 aromatic carbocycles. The molecule has 2 N–H and O–H groups in total. The number of aromatic hydroxyl groups is 1. The van der Waals surface area contributed by atoms with Crippen LogP contribution < -0.4 is 19.5 Å². The van der Waals surface area contributed by atoms with Gasteiger partial charge in [0, 0.05) is 18.5 Å². The van der Waals surface area contributed by atoms with Crippen LogP contribution in [0.5, 0.6) is 17.2 Å². The van der Waals surface area contributed by atoms with Gasteiger partial charge in [-0.05, 0) is 35.4 Å². The van der Waals surface area contributed by atoms with E-state index in [0.717, 1.165) is 6.54 Å². The Bertz CT molecular complexity index is 1050. The van der Waals surface area contributed by atoms with Crippen LogP contribution in [0, 0.1) is 0 Å². The minimum absolute atomic E-state index is 0.00935. The van der Waals surface area contributed by atoms with E-state index in [1.54, 1.807) is 18.2 Å². The van der Waals surface area contributed by atoms with E-state index in [1.165, 1.54) is 48.3 Å². The summed E-state index contributed by atoms with van der Waals surface area (Å²) in [5.74, 6) is -1.31. The van der Waals surface area contributed by atoms with Gasteiger partial charge in [0.1, 0.15) is 5.75 Å². The summed E-state index contributed by atoms with van der Waals surface area (Å²) in [6, 6.07) is 10.0. The number of ketones is 1. The molecule has 2 aromatic rings. The molecule has 8 nitrogen and oxygen atoms in total. The van der Waals surface area contributed by atoms with Crippen molar-refractivity contribution in [1.29, 1.82) is 0 Å². The minimum Gasteiger partial charge on any atom is -0.872 e. The van der Waals surface area contributed by atoms with Crippen molar-refractivity contribution in [3.05, 3.63) is 59.2 Å². The van der Waals surface area contributed by atoms with E-state index in [4.69, 9.17) is 9.47 Å². The maximum Gasteiger partial charge on any atom is 0.295 e. The summed E-state index contributed by atoms with van der Waals surface area (Å²) in [4.78, 5) is 28.5. The highest BCUT2D eigenvalue weighted by molar-refractivity contribution is 6.46. The Morgan fingerprint density at radius 1 is 1.09 bits per heavy atom. The first-order valence-corrected chi connectivity index (χ1v) is 10.3. The quantitative estimate of drug-likeness (QED) is 0.345. The van der Waals surface area contributed by atoms with Gasteiger partial charge in [-0.2, -0.15) is 0 Å². The average molecular weight is 440 g/mol. The van der Waals surface area contributed by atoms with Crippen molar-refractivity contribution in [2.24, 2.45) is 0 Å². The highest BCUT2D eigenvalue weighted by Gasteiger charge is 2.44. The van der Waals surface area contributed by atoms with Crippen LogP contribution in [0.15, 0.2) is 48.0 Å². The van der Waals surface area contributed by atoms with E-state index >= 15 is 0 Å². The van der Waals surface area contributed by atoms with Crippen LogP contribution in [-0.4, -0.2) is 63.1 Å². The lowest BCUT2D eigenvalue weighted by Gasteiger charge is -2.28. The van der Waals surface area contributed by atoms with Gasteiger partial charge in [-0.3, -0.25) is 9.59 Å². The summed E-state index contributed by atoms with van der Waals surface area (Å²) in [7, 11) is 6.94. The van der Waals surface area contributed by atoms with Gasteiger partial charge in [0.25, 0.3) is 5.91 Å². The number of likely N-dealkylation sites (tertiary alicyclic amines) is 1. The highest BCUT2D eigenvalue weighted by Crippen LogP contribution is 2.40. The van der Waals surface area contributed by atoms with Gasteiger partial charge in [-0.1, -0.05) is 24.0 Å². The Morgan fingerprint density at radius 3 is 2.44 bits per heavy atom. The zero-order chi connectivity index (χ0) is 23.4. The number of methoxy groups -OCH3 is 2. The maximum atomic E-state index is 13.5. The van der Waals surface area contributed by atoms with Crippen molar-refractivity contribution < 1.29 is 34.2 Å². The predicted octanol–water partition coefficient (Wildman–Crippen LogP) is 0.168. The number of benzene rings is 2. The summed E-state index contributed by atoms with van der Waals surface area (Å²) in [6.07, 6.45) is 0.661. The summed E-state index contributed by atoms with van der Waals surface area (Å²) >= 11 is 0. The lowest BCUT2D eigenvalue weighted by molar-refractivity contribution is -0.858. The molecule has 0 aliphatic carbocycles. The largest absolute Gasteiger partial charge is 0.872 e. The second-order valence-electron chi connectivity index (χ2n) is 7.95. The van der Waals surface area contributed by atoms with Crippen molar-refractivity contribution >= 4 is 17.4 Å². The fourth-order valence-electron chi connectivity index (χ4n) is 3.88. The van der Waals surface area contributed by atoms with Crippen LogP contribution in [0.25, 0.3) is 5.76 Å². The normalized spacial score (nSPS) is 17.8. The fourth-order valence-corrected chi connectivity index (χ4v) is 3.88. The number of carbonyl (C=O) groups excluding carboxylic acids is 2. The van der Waals surface area contributed by atoms with Crippen LogP contribution in [-0.2, 0) is 9.59 Å². The number of Topliss-reactive ketones (excluding diaryl/α,β-unsaturated/α-hetero) is 1. The van der Waals surface area contributed by atoms with Crippen molar-refractivity contribution in [1.82, 2.24) is 4.90 Å². The summed E-state index contributed by atoms with van der Waals surface area (Å²) in [6.45, 7) is 1.11. The predicted molar refractivity (Wildman–Crippen MR) is 116 cm³/mol.